The summed E-state index contributed by atoms with van der Waals surface area (Å²) in [6, 6.07) is 7.72. The van der Waals surface area contributed by atoms with Crippen molar-refractivity contribution in [2.45, 2.75) is 32.0 Å². The molecule has 1 atom stereocenters. The van der Waals surface area contributed by atoms with Gasteiger partial charge in [-0.3, -0.25) is 0 Å². The fourth-order valence-corrected chi connectivity index (χ4v) is 1.55. The number of hydrogen-bond acceptors (Lipinski definition) is 3. The van der Waals surface area contributed by atoms with E-state index in [4.69, 9.17) is 4.74 Å². The number of hydrogen-bond donors (Lipinski definition) is 1. The Morgan fingerprint density at radius 3 is 2.40 bits per heavy atom. The minimum absolute atomic E-state index is 0.407. The monoisotopic (exact) mass is 291 g/mol. The zero-order valence-electron chi connectivity index (χ0n) is 11.7. The average Bonchev–Trinajstić information content (AvgIpc) is 2.41. The van der Waals surface area contributed by atoms with Crippen LogP contribution in [0.25, 0.3) is 0 Å². The molecule has 1 aromatic carbocycles. The molecule has 114 valence electrons. The molecule has 1 unspecified atom stereocenters. The summed E-state index contributed by atoms with van der Waals surface area (Å²) < 4.78 is 44.9. The van der Waals surface area contributed by atoms with Crippen LogP contribution in [0.2, 0.25) is 0 Å². The molecule has 0 aliphatic heterocycles. The van der Waals surface area contributed by atoms with Gasteiger partial charge in [0.05, 0.1) is 0 Å². The van der Waals surface area contributed by atoms with Gasteiger partial charge in [-0.1, -0.05) is 12.1 Å². The highest BCUT2D eigenvalue weighted by Gasteiger charge is 2.27. The predicted molar refractivity (Wildman–Crippen MR) is 70.8 cm³/mol. The predicted octanol–water partition coefficient (Wildman–Crippen LogP) is 3.14. The van der Waals surface area contributed by atoms with E-state index >= 15 is 0 Å². The van der Waals surface area contributed by atoms with E-state index in [0.717, 1.165) is 18.4 Å². The van der Waals surface area contributed by atoms with Crippen LogP contribution in [-0.4, -0.2) is 32.7 Å². The van der Waals surface area contributed by atoms with E-state index in [9.17, 15) is 13.2 Å². The Bertz CT molecular complexity index is 379. The maximum absolute atomic E-state index is 11.8. The number of rotatable bonds is 8. The summed E-state index contributed by atoms with van der Waals surface area (Å²) in [5.74, 6) is 0.498. The van der Waals surface area contributed by atoms with E-state index < -0.39 is 19.6 Å². The fourth-order valence-electron chi connectivity index (χ4n) is 1.55. The van der Waals surface area contributed by atoms with Crippen LogP contribution in [0.15, 0.2) is 24.3 Å². The molecule has 0 aromatic heterocycles. The minimum Gasteiger partial charge on any atom is -0.468 e. The zero-order valence-corrected chi connectivity index (χ0v) is 11.7. The van der Waals surface area contributed by atoms with Gasteiger partial charge in [0.15, 0.2) is 6.79 Å². The Kier molecular flexibility index (Phi) is 6.81. The van der Waals surface area contributed by atoms with E-state index in [1.54, 1.807) is 12.1 Å². The Morgan fingerprint density at radius 2 is 1.85 bits per heavy atom. The highest BCUT2D eigenvalue weighted by atomic mass is 19.4. The Balaban J connectivity index is 2.28. The molecule has 0 radical (unpaired) electrons. The third-order valence-corrected chi connectivity index (χ3v) is 2.86. The van der Waals surface area contributed by atoms with Crippen molar-refractivity contribution in [3.63, 3.8) is 0 Å². The number of benzene rings is 1. The van der Waals surface area contributed by atoms with Crippen LogP contribution in [0.1, 0.15) is 18.9 Å². The summed E-state index contributed by atoms with van der Waals surface area (Å²) in [5, 5.41) is 3.16. The van der Waals surface area contributed by atoms with Crippen molar-refractivity contribution in [3.05, 3.63) is 29.8 Å². The topological polar surface area (TPSA) is 30.5 Å². The lowest BCUT2D eigenvalue weighted by Gasteiger charge is -2.11. The largest absolute Gasteiger partial charge is 0.468 e. The maximum atomic E-state index is 11.8. The highest BCUT2D eigenvalue weighted by molar-refractivity contribution is 5.27. The molecule has 0 saturated heterocycles. The van der Waals surface area contributed by atoms with Gasteiger partial charge >= 0.3 is 6.18 Å². The molecule has 1 rings (SSSR count). The van der Waals surface area contributed by atoms with Gasteiger partial charge in [0.25, 0.3) is 0 Å². The lowest BCUT2D eigenvalue weighted by molar-refractivity contribution is -0.186. The van der Waals surface area contributed by atoms with Crippen molar-refractivity contribution < 1.29 is 22.6 Å². The summed E-state index contributed by atoms with van der Waals surface area (Å²) in [6.07, 6.45) is -2.37. The molecule has 0 fully saturated rings. The second kappa shape index (κ2) is 8.11. The molecule has 1 N–H and O–H groups in total. The van der Waals surface area contributed by atoms with Gasteiger partial charge in [-0.15, -0.1) is 0 Å². The van der Waals surface area contributed by atoms with Gasteiger partial charge < -0.3 is 14.8 Å². The maximum Gasteiger partial charge on any atom is 0.411 e. The number of ether oxygens (including phenoxy) is 2. The van der Waals surface area contributed by atoms with Crippen molar-refractivity contribution >= 4 is 0 Å². The standard InChI is InChI=1S/C14H20F3NO2/c1-11(18-2)3-4-12-5-7-13(8-6-12)20-10-19-9-14(15,16)17/h5-8,11,18H,3-4,9-10H2,1-2H3. The van der Waals surface area contributed by atoms with Crippen LogP contribution in [0.3, 0.4) is 0 Å². The van der Waals surface area contributed by atoms with Crippen molar-refractivity contribution in [3.8, 4) is 5.75 Å². The lowest BCUT2D eigenvalue weighted by Crippen LogP contribution is -2.21. The van der Waals surface area contributed by atoms with Crippen molar-refractivity contribution in [1.82, 2.24) is 5.32 Å². The summed E-state index contributed by atoms with van der Waals surface area (Å²) in [7, 11) is 1.92. The Morgan fingerprint density at radius 1 is 1.20 bits per heavy atom. The SMILES string of the molecule is CNC(C)CCc1ccc(OCOCC(F)(F)F)cc1. The minimum atomic E-state index is -4.32. The first-order valence-electron chi connectivity index (χ1n) is 6.44. The van der Waals surface area contributed by atoms with Gasteiger partial charge in [0.2, 0.25) is 0 Å². The fraction of sp³-hybridized carbons (Fsp3) is 0.571. The second-order valence-corrected chi connectivity index (χ2v) is 4.60. The first-order valence-corrected chi connectivity index (χ1v) is 6.44. The third-order valence-electron chi connectivity index (χ3n) is 2.86. The van der Waals surface area contributed by atoms with Crippen LogP contribution in [0.5, 0.6) is 5.75 Å². The van der Waals surface area contributed by atoms with Crippen LogP contribution in [0.4, 0.5) is 13.2 Å². The normalized spacial score (nSPS) is 13.2. The Labute approximate surface area is 117 Å². The average molecular weight is 291 g/mol. The molecule has 6 heteroatoms. The quantitative estimate of drug-likeness (QED) is 0.589. The third kappa shape index (κ3) is 7.35. The molecular formula is C14H20F3NO2. The number of halogens is 3. The molecule has 0 amide bonds. The molecule has 0 aliphatic rings. The second-order valence-electron chi connectivity index (χ2n) is 4.60. The number of alkyl halides is 3. The molecule has 0 bridgehead atoms. The Hall–Kier alpha value is -1.27. The van der Waals surface area contributed by atoms with E-state index in [-0.39, 0.29) is 0 Å². The molecule has 1 aromatic rings. The smallest absolute Gasteiger partial charge is 0.411 e. The van der Waals surface area contributed by atoms with Crippen LogP contribution in [0, 0.1) is 0 Å². The van der Waals surface area contributed by atoms with Gasteiger partial charge in [0.1, 0.15) is 12.4 Å². The van der Waals surface area contributed by atoms with Gasteiger partial charge in [0, 0.05) is 6.04 Å². The van der Waals surface area contributed by atoms with E-state index in [1.807, 2.05) is 19.2 Å². The lowest BCUT2D eigenvalue weighted by atomic mass is 10.1. The summed E-state index contributed by atoms with van der Waals surface area (Å²) >= 11 is 0. The number of nitrogens with one attached hydrogen (secondary N) is 1. The summed E-state index contributed by atoms with van der Waals surface area (Å²) in [4.78, 5) is 0. The molecular weight excluding hydrogens is 271 g/mol. The first kappa shape index (κ1) is 16.8. The molecule has 0 saturated carbocycles. The molecule has 0 heterocycles. The summed E-state index contributed by atoms with van der Waals surface area (Å²) in [5.41, 5.74) is 1.16. The van der Waals surface area contributed by atoms with Crippen LogP contribution < -0.4 is 10.1 Å². The molecule has 3 nitrogen and oxygen atoms in total. The van der Waals surface area contributed by atoms with Crippen molar-refractivity contribution in [2.75, 3.05) is 20.4 Å². The van der Waals surface area contributed by atoms with E-state index in [2.05, 4.69) is 17.0 Å². The first-order chi connectivity index (χ1) is 9.40. The molecule has 20 heavy (non-hydrogen) atoms. The van der Waals surface area contributed by atoms with Crippen molar-refractivity contribution in [2.24, 2.45) is 0 Å². The van der Waals surface area contributed by atoms with Gasteiger partial charge in [-0.2, -0.15) is 13.2 Å². The summed E-state index contributed by atoms with van der Waals surface area (Å²) in [6.45, 7) is 0.401. The van der Waals surface area contributed by atoms with Gasteiger partial charge in [-0.25, -0.2) is 0 Å². The molecule has 0 aliphatic carbocycles. The van der Waals surface area contributed by atoms with Crippen LogP contribution in [-0.2, 0) is 11.2 Å². The van der Waals surface area contributed by atoms with E-state index in [1.165, 1.54) is 0 Å². The van der Waals surface area contributed by atoms with Gasteiger partial charge in [-0.05, 0) is 44.5 Å². The molecule has 0 spiro atoms. The van der Waals surface area contributed by atoms with Crippen molar-refractivity contribution in [1.29, 1.82) is 0 Å². The van der Waals surface area contributed by atoms with E-state index in [0.29, 0.717) is 11.8 Å². The zero-order chi connectivity index (χ0) is 15.0. The number of aryl methyl sites for hydroxylation is 1. The van der Waals surface area contributed by atoms with Crippen LogP contribution >= 0.6 is 0 Å². The highest BCUT2D eigenvalue weighted by Crippen LogP contribution is 2.16.